The van der Waals surface area contributed by atoms with E-state index in [1.165, 1.54) is 6.92 Å². The molecule has 0 fully saturated rings. The van der Waals surface area contributed by atoms with Crippen molar-refractivity contribution in [2.45, 2.75) is 20.0 Å². The first kappa shape index (κ1) is 11.8. The third-order valence-corrected chi connectivity index (χ3v) is 1.48. The van der Waals surface area contributed by atoms with Crippen molar-refractivity contribution in [3.05, 3.63) is 0 Å². The highest BCUT2D eigenvalue weighted by atomic mass is 16.5. The highest BCUT2D eigenvalue weighted by Crippen LogP contribution is 2.00. The molecule has 0 spiro atoms. The number of ether oxygens (including phenoxy) is 1. The van der Waals surface area contributed by atoms with Crippen LogP contribution in [0.4, 0.5) is 0 Å². The Morgan fingerprint density at radius 3 is 2.54 bits per heavy atom. The van der Waals surface area contributed by atoms with Crippen LogP contribution in [0, 0.1) is 11.3 Å². The van der Waals surface area contributed by atoms with Crippen LogP contribution >= 0.6 is 0 Å². The molecule has 2 unspecified atom stereocenters. The molecule has 0 radical (unpaired) electrons. The molecule has 13 heavy (non-hydrogen) atoms. The SMILES string of the molecule is CCOC(=O)C(O)C(=O)C(C)C=N. The smallest absolute Gasteiger partial charge is 0.342 e. The molecular formula is C8H13NO4. The lowest BCUT2D eigenvalue weighted by Crippen LogP contribution is -2.35. The van der Waals surface area contributed by atoms with Gasteiger partial charge in [0.2, 0.25) is 6.10 Å². The fourth-order valence-electron chi connectivity index (χ4n) is 0.668. The van der Waals surface area contributed by atoms with E-state index in [1.54, 1.807) is 6.92 Å². The maximum absolute atomic E-state index is 11.1. The quantitative estimate of drug-likeness (QED) is 0.353. The van der Waals surface area contributed by atoms with Crippen molar-refractivity contribution < 1.29 is 19.4 Å². The van der Waals surface area contributed by atoms with Gasteiger partial charge in [-0.2, -0.15) is 0 Å². The van der Waals surface area contributed by atoms with Gasteiger partial charge in [0.25, 0.3) is 0 Å². The predicted octanol–water partition coefficient (Wildman–Crippen LogP) is -0.235. The molecule has 2 atom stereocenters. The summed E-state index contributed by atoms with van der Waals surface area (Å²) in [5, 5.41) is 15.9. The van der Waals surface area contributed by atoms with Gasteiger partial charge in [-0.3, -0.25) is 4.79 Å². The molecule has 74 valence electrons. The van der Waals surface area contributed by atoms with Gasteiger partial charge in [0.05, 0.1) is 12.5 Å². The van der Waals surface area contributed by atoms with Crippen molar-refractivity contribution in [2.24, 2.45) is 5.92 Å². The average molecular weight is 187 g/mol. The first-order valence-electron chi connectivity index (χ1n) is 3.93. The Bertz CT molecular complexity index is 214. The van der Waals surface area contributed by atoms with E-state index < -0.39 is 23.8 Å². The van der Waals surface area contributed by atoms with Gasteiger partial charge in [0, 0.05) is 6.21 Å². The summed E-state index contributed by atoms with van der Waals surface area (Å²) in [6.45, 7) is 3.12. The summed E-state index contributed by atoms with van der Waals surface area (Å²) >= 11 is 0. The molecule has 0 aromatic carbocycles. The maximum atomic E-state index is 11.1. The summed E-state index contributed by atoms with van der Waals surface area (Å²) in [4.78, 5) is 21.9. The first-order valence-corrected chi connectivity index (χ1v) is 3.93. The lowest BCUT2D eigenvalue weighted by molar-refractivity contribution is -0.157. The Morgan fingerprint density at radius 2 is 2.15 bits per heavy atom. The molecule has 0 aliphatic carbocycles. The number of carbonyl (C=O) groups is 2. The molecule has 0 aliphatic rings. The van der Waals surface area contributed by atoms with Gasteiger partial charge in [0.1, 0.15) is 0 Å². The number of aliphatic hydroxyl groups is 1. The Kier molecular flexibility index (Phi) is 4.91. The molecule has 0 rings (SSSR count). The van der Waals surface area contributed by atoms with E-state index in [1.807, 2.05) is 0 Å². The van der Waals surface area contributed by atoms with Gasteiger partial charge in [-0.1, -0.05) is 6.92 Å². The predicted molar refractivity (Wildman–Crippen MR) is 45.6 cm³/mol. The van der Waals surface area contributed by atoms with Crippen LogP contribution in [0.25, 0.3) is 0 Å². The van der Waals surface area contributed by atoms with Crippen LogP contribution in [-0.2, 0) is 14.3 Å². The molecule has 0 aliphatic heterocycles. The van der Waals surface area contributed by atoms with Crippen molar-refractivity contribution in [1.82, 2.24) is 0 Å². The van der Waals surface area contributed by atoms with Crippen LogP contribution in [0.3, 0.4) is 0 Å². The number of ketones is 1. The van der Waals surface area contributed by atoms with Crippen LogP contribution in [0.2, 0.25) is 0 Å². The monoisotopic (exact) mass is 187 g/mol. The third kappa shape index (κ3) is 3.33. The molecule has 5 heteroatoms. The van der Waals surface area contributed by atoms with E-state index in [-0.39, 0.29) is 6.61 Å². The fourth-order valence-corrected chi connectivity index (χ4v) is 0.668. The van der Waals surface area contributed by atoms with Crippen molar-refractivity contribution in [3.63, 3.8) is 0 Å². The van der Waals surface area contributed by atoms with Gasteiger partial charge in [0.15, 0.2) is 5.78 Å². The zero-order chi connectivity index (χ0) is 10.4. The van der Waals surface area contributed by atoms with E-state index in [0.717, 1.165) is 6.21 Å². The van der Waals surface area contributed by atoms with Crippen LogP contribution in [0.15, 0.2) is 0 Å². The van der Waals surface area contributed by atoms with Crippen LogP contribution < -0.4 is 0 Å². The minimum atomic E-state index is -1.77. The Hall–Kier alpha value is -1.23. The number of carbonyl (C=O) groups excluding carboxylic acids is 2. The number of rotatable bonds is 5. The molecular weight excluding hydrogens is 174 g/mol. The molecule has 5 nitrogen and oxygen atoms in total. The first-order chi connectivity index (χ1) is 6.04. The van der Waals surface area contributed by atoms with E-state index in [9.17, 15) is 9.59 Å². The van der Waals surface area contributed by atoms with Crippen LogP contribution in [-0.4, -0.2) is 35.8 Å². The standard InChI is InChI=1S/C8H13NO4/c1-3-13-8(12)7(11)6(10)5(2)4-9/h4-5,7,9,11H,3H2,1-2H3. The summed E-state index contributed by atoms with van der Waals surface area (Å²) < 4.78 is 4.43. The molecule has 0 amide bonds. The second kappa shape index (κ2) is 5.42. The number of aliphatic hydroxyl groups excluding tert-OH is 1. The van der Waals surface area contributed by atoms with Gasteiger partial charge in [-0.05, 0) is 6.92 Å². The van der Waals surface area contributed by atoms with Crippen molar-refractivity contribution >= 4 is 18.0 Å². The summed E-state index contributed by atoms with van der Waals surface area (Å²) in [7, 11) is 0. The summed E-state index contributed by atoms with van der Waals surface area (Å²) in [6.07, 6.45) is -0.901. The molecule has 2 N–H and O–H groups in total. The second-order valence-electron chi connectivity index (χ2n) is 2.51. The molecule has 0 aromatic heterocycles. The van der Waals surface area contributed by atoms with Crippen molar-refractivity contribution in [1.29, 1.82) is 5.41 Å². The zero-order valence-electron chi connectivity index (χ0n) is 7.61. The summed E-state index contributed by atoms with van der Waals surface area (Å²) in [5.74, 6) is -2.44. The largest absolute Gasteiger partial charge is 0.464 e. The van der Waals surface area contributed by atoms with Gasteiger partial charge >= 0.3 is 5.97 Å². The molecule has 0 aromatic rings. The summed E-state index contributed by atoms with van der Waals surface area (Å²) in [5.41, 5.74) is 0. The average Bonchev–Trinajstić information content (AvgIpc) is 2.14. The lowest BCUT2D eigenvalue weighted by atomic mass is 10.0. The zero-order valence-corrected chi connectivity index (χ0v) is 7.61. The van der Waals surface area contributed by atoms with E-state index >= 15 is 0 Å². The minimum absolute atomic E-state index is 0.113. The number of Topliss-reactive ketones (excluding diaryl/α,β-unsaturated/α-hetero) is 1. The molecule has 0 saturated carbocycles. The molecule has 0 bridgehead atoms. The van der Waals surface area contributed by atoms with Gasteiger partial charge in [-0.25, -0.2) is 4.79 Å². The molecule has 0 saturated heterocycles. The van der Waals surface area contributed by atoms with Crippen molar-refractivity contribution in [3.8, 4) is 0 Å². The highest BCUT2D eigenvalue weighted by Gasteiger charge is 2.27. The second-order valence-corrected chi connectivity index (χ2v) is 2.51. The maximum Gasteiger partial charge on any atom is 0.342 e. The minimum Gasteiger partial charge on any atom is -0.464 e. The lowest BCUT2D eigenvalue weighted by Gasteiger charge is -2.10. The number of hydrogen-bond acceptors (Lipinski definition) is 5. The highest BCUT2D eigenvalue weighted by molar-refractivity contribution is 6.07. The van der Waals surface area contributed by atoms with E-state index in [0.29, 0.717) is 0 Å². The Morgan fingerprint density at radius 1 is 1.62 bits per heavy atom. The van der Waals surface area contributed by atoms with Crippen LogP contribution in [0.1, 0.15) is 13.8 Å². The number of hydrogen-bond donors (Lipinski definition) is 2. The topological polar surface area (TPSA) is 87.5 Å². The van der Waals surface area contributed by atoms with Crippen LogP contribution in [0.5, 0.6) is 0 Å². The van der Waals surface area contributed by atoms with Crippen molar-refractivity contribution in [2.75, 3.05) is 6.61 Å². The van der Waals surface area contributed by atoms with E-state index in [4.69, 9.17) is 10.5 Å². The normalized spacial score (nSPS) is 14.4. The Balaban J connectivity index is 4.24. The third-order valence-electron chi connectivity index (χ3n) is 1.48. The van der Waals surface area contributed by atoms with E-state index in [2.05, 4.69) is 4.74 Å². The fraction of sp³-hybridized carbons (Fsp3) is 0.625. The Labute approximate surface area is 76.2 Å². The van der Waals surface area contributed by atoms with Gasteiger partial charge in [-0.15, -0.1) is 0 Å². The van der Waals surface area contributed by atoms with Gasteiger partial charge < -0.3 is 15.3 Å². The number of nitrogens with one attached hydrogen (secondary N) is 1. The molecule has 0 heterocycles. The number of esters is 1. The summed E-state index contributed by atoms with van der Waals surface area (Å²) in [6, 6.07) is 0.